The Balaban J connectivity index is 0.00000273. The molecule has 0 aromatic carbocycles. The second kappa shape index (κ2) is 16.0. The van der Waals surface area contributed by atoms with Crippen molar-refractivity contribution in [3.63, 3.8) is 0 Å². The van der Waals surface area contributed by atoms with Crippen LogP contribution in [0.15, 0.2) is 11.6 Å². The molecule has 7 aliphatic rings. The molecule has 0 spiro atoms. The molecule has 5 aliphatic carbocycles. The first-order valence-corrected chi connectivity index (χ1v) is 20.7. The topological polar surface area (TPSA) is 267 Å². The summed E-state index contributed by atoms with van der Waals surface area (Å²) < 4.78 is 23.4. The van der Waals surface area contributed by atoms with E-state index in [-0.39, 0.29) is 51.6 Å². The molecule has 0 bridgehead atoms. The lowest BCUT2D eigenvalue weighted by atomic mass is 9.33. The molecule has 19 atom stereocenters. The van der Waals surface area contributed by atoms with Gasteiger partial charge in [0.2, 0.25) is 0 Å². The number of hydrogen-bond acceptors (Lipinski definition) is 13. The monoisotopic (exact) mass is 852 g/mol. The third-order valence-corrected chi connectivity index (χ3v) is 17.2. The number of rotatable bonds is 7. The highest BCUT2D eigenvalue weighted by molar-refractivity contribution is 5.95. The van der Waals surface area contributed by atoms with Crippen molar-refractivity contribution in [3.05, 3.63) is 11.6 Å². The number of aliphatic hydroxyl groups excluding tert-OH is 5. The molecule has 3 radical (unpaired) electrons. The summed E-state index contributed by atoms with van der Waals surface area (Å²) in [6.07, 6.45) is -12.2. The van der Waals surface area contributed by atoms with Crippen molar-refractivity contribution in [3.8, 4) is 0 Å². The van der Waals surface area contributed by atoms with Crippen LogP contribution in [0, 0.1) is 50.2 Å². The first kappa shape index (κ1) is 48.6. The Labute approximate surface area is 355 Å². The number of carbonyl (C=O) groups is 4. The fourth-order valence-electron chi connectivity index (χ4n) is 13.4. The minimum absolute atomic E-state index is 0. The summed E-state index contributed by atoms with van der Waals surface area (Å²) in [6, 6.07) is 0. The zero-order valence-electron chi connectivity index (χ0n) is 34.9. The Kier molecular flexibility index (Phi) is 12.9. The molecule has 17 heteroatoms. The smallest absolute Gasteiger partial charge is 0.335 e. The molecule has 60 heavy (non-hydrogen) atoms. The summed E-state index contributed by atoms with van der Waals surface area (Å²) in [6.45, 7) is 14.8. The normalized spacial score (nSPS) is 50.8. The number of hydrogen-bond donors (Lipinski definition) is 8. The number of fused-ring (bicyclic) bond motifs is 7. The molecule has 11 unspecified atom stereocenters. The first-order chi connectivity index (χ1) is 26.8. The van der Waals surface area contributed by atoms with Gasteiger partial charge in [0.05, 0.1) is 11.5 Å². The molecule has 0 aromatic rings. The SMILES string of the molecule is C.CC1(C)C(OC2OC(C(=O)O)C(O)C(O)C2OC2OC(C(=O)O)C(O)C(O)C2O)CC[C@]2(C)[C@H]3C(=O)C=C4[C@@H]5C[C@@](C)(C(=O)O)CC[C@]5(C)CC[C@@]4(C)[C@]3(C)CC[C@@H]12.[2HH].[B]. The summed E-state index contributed by atoms with van der Waals surface area (Å²) in [5.41, 5.74) is -1.81. The van der Waals surface area contributed by atoms with Gasteiger partial charge in [-0.3, -0.25) is 9.59 Å². The summed E-state index contributed by atoms with van der Waals surface area (Å²) in [7, 11) is 0. The van der Waals surface area contributed by atoms with E-state index in [4.69, 9.17) is 18.9 Å². The van der Waals surface area contributed by atoms with Crippen LogP contribution in [-0.2, 0) is 38.1 Å². The van der Waals surface area contributed by atoms with Crippen LogP contribution in [0.2, 0.25) is 0 Å². The molecular weight excluding hydrogens is 783 g/mol. The van der Waals surface area contributed by atoms with Gasteiger partial charge in [0.15, 0.2) is 30.6 Å². The largest absolute Gasteiger partial charge is 0.481 e. The maximum Gasteiger partial charge on any atom is 0.335 e. The molecule has 2 aliphatic heterocycles. The average Bonchev–Trinajstić information content (AvgIpc) is 3.13. The zero-order chi connectivity index (χ0) is 42.9. The predicted octanol–water partition coefficient (Wildman–Crippen LogP) is 2.75. The van der Waals surface area contributed by atoms with Crippen molar-refractivity contribution in [2.45, 2.75) is 181 Å². The predicted molar refractivity (Wildman–Crippen MR) is 214 cm³/mol. The number of allylic oxidation sites excluding steroid dienone is 2. The third-order valence-electron chi connectivity index (χ3n) is 17.2. The molecule has 0 amide bonds. The Morgan fingerprint density at radius 2 is 1.28 bits per heavy atom. The molecule has 0 aromatic heterocycles. The van der Waals surface area contributed by atoms with Crippen molar-refractivity contribution >= 4 is 32.1 Å². The van der Waals surface area contributed by atoms with Gasteiger partial charge in [-0.05, 0) is 110 Å². The lowest BCUT2D eigenvalue weighted by Gasteiger charge is -2.70. The average molecular weight is 853 g/mol. The zero-order valence-corrected chi connectivity index (χ0v) is 34.9. The Bertz CT molecular complexity index is 1750. The van der Waals surface area contributed by atoms with Gasteiger partial charge >= 0.3 is 17.9 Å². The van der Waals surface area contributed by atoms with E-state index in [0.29, 0.717) is 25.7 Å². The highest BCUT2D eigenvalue weighted by Gasteiger charge is 2.71. The van der Waals surface area contributed by atoms with Crippen LogP contribution in [0.1, 0.15) is 115 Å². The Hall–Kier alpha value is -2.48. The van der Waals surface area contributed by atoms with E-state index >= 15 is 0 Å². The molecule has 16 nitrogen and oxygen atoms in total. The number of carboxylic acids is 3. The van der Waals surface area contributed by atoms with Crippen molar-refractivity contribution in [2.24, 2.45) is 50.2 Å². The van der Waals surface area contributed by atoms with E-state index in [9.17, 15) is 60.0 Å². The van der Waals surface area contributed by atoms with E-state index in [1.165, 1.54) is 0 Å². The van der Waals surface area contributed by atoms with Crippen LogP contribution < -0.4 is 0 Å². The van der Waals surface area contributed by atoms with Crippen LogP contribution in [0.5, 0.6) is 0 Å². The number of ether oxygens (including phenoxy) is 4. The van der Waals surface area contributed by atoms with Crippen LogP contribution in [0.4, 0.5) is 0 Å². The van der Waals surface area contributed by atoms with Gasteiger partial charge in [-0.2, -0.15) is 0 Å². The molecule has 6 fully saturated rings. The quantitative estimate of drug-likeness (QED) is 0.135. The molecule has 2 saturated heterocycles. The maximum atomic E-state index is 14.8. The Morgan fingerprint density at radius 3 is 1.87 bits per heavy atom. The van der Waals surface area contributed by atoms with E-state index in [2.05, 4.69) is 27.7 Å². The molecule has 8 N–H and O–H groups in total. The van der Waals surface area contributed by atoms with E-state index in [1.807, 2.05) is 26.8 Å². The van der Waals surface area contributed by atoms with E-state index < -0.39 is 107 Å². The lowest BCUT2D eigenvalue weighted by Crippen LogP contribution is -2.68. The molecule has 4 saturated carbocycles. The van der Waals surface area contributed by atoms with E-state index in [1.54, 1.807) is 0 Å². The molecular formula is C43H68BO16. The minimum Gasteiger partial charge on any atom is -0.481 e. The first-order valence-electron chi connectivity index (χ1n) is 20.7. The maximum absolute atomic E-state index is 14.8. The van der Waals surface area contributed by atoms with Gasteiger partial charge < -0.3 is 59.8 Å². The van der Waals surface area contributed by atoms with Crippen LogP contribution in [0.25, 0.3) is 0 Å². The standard InChI is InChI=1S/C42H62O16.CH4.B.H2/c1-37(2)21-8-11-42(7)31(20(43)16-18-19-17-39(4,36(53)54)13-12-38(19,3)14-15-41(18,42)6)40(21,5)10-9-22(37)55-35-30(26(47)25(46)29(57-35)33(51)52)58-34-27(48)23(44)24(45)28(56-34)32(49)50;;;/h16,19,21-31,34-35,44-48H,8-15,17H2,1-7H3,(H,49,50)(H,51,52)(H,53,54);1H4;;1H/t19-,21-,22?,23?,24?,25?,26?,27?,28?,29?,30?,31+,34?,35?,38+,39-,40-,41+,42+;;;/m0.../s1/i;;;1+1. The lowest BCUT2D eigenvalue weighted by molar-refractivity contribution is -0.371. The second-order valence-electron chi connectivity index (χ2n) is 20.6. The van der Waals surface area contributed by atoms with Gasteiger partial charge in [-0.15, -0.1) is 0 Å². The fourth-order valence-corrected chi connectivity index (χ4v) is 13.4. The number of aliphatic hydroxyl groups is 5. The highest BCUT2D eigenvalue weighted by Crippen LogP contribution is 2.75. The van der Waals surface area contributed by atoms with E-state index in [0.717, 1.165) is 37.7 Å². The summed E-state index contributed by atoms with van der Waals surface area (Å²) >= 11 is 0. The second-order valence-corrected chi connectivity index (χ2v) is 20.6. The van der Waals surface area contributed by atoms with Gasteiger partial charge in [0.25, 0.3) is 0 Å². The summed E-state index contributed by atoms with van der Waals surface area (Å²) in [4.78, 5) is 51.3. The third kappa shape index (κ3) is 7.00. The van der Waals surface area contributed by atoms with Crippen molar-refractivity contribution in [1.29, 1.82) is 0 Å². The van der Waals surface area contributed by atoms with Crippen molar-refractivity contribution < 1.29 is 80.4 Å². The fraction of sp³-hybridized carbons (Fsp3) is 0.860. The van der Waals surface area contributed by atoms with Crippen molar-refractivity contribution in [2.75, 3.05) is 0 Å². The molecule has 7 rings (SSSR count). The van der Waals surface area contributed by atoms with Gasteiger partial charge in [0.1, 0.15) is 36.6 Å². The van der Waals surface area contributed by atoms with Crippen LogP contribution in [-0.4, -0.2) is 140 Å². The number of aliphatic carboxylic acids is 3. The Morgan fingerprint density at radius 1 is 0.717 bits per heavy atom. The number of ketones is 1. The summed E-state index contributed by atoms with van der Waals surface area (Å²) in [5.74, 6) is -4.47. The molecule has 339 valence electrons. The van der Waals surface area contributed by atoms with Crippen LogP contribution >= 0.6 is 0 Å². The number of carbonyl (C=O) groups excluding carboxylic acids is 1. The highest BCUT2D eigenvalue weighted by atomic mass is 16.8. The number of carboxylic acid groups (broad SMARTS) is 3. The summed E-state index contributed by atoms with van der Waals surface area (Å²) in [5, 5.41) is 83.0. The van der Waals surface area contributed by atoms with Gasteiger partial charge in [0, 0.05) is 15.8 Å². The van der Waals surface area contributed by atoms with Crippen LogP contribution in [0.3, 0.4) is 0 Å². The van der Waals surface area contributed by atoms with Gasteiger partial charge in [-0.25, -0.2) is 9.59 Å². The molecule has 2 heterocycles. The van der Waals surface area contributed by atoms with Gasteiger partial charge in [-0.1, -0.05) is 54.5 Å². The minimum atomic E-state index is -2.05. The van der Waals surface area contributed by atoms with Crippen molar-refractivity contribution in [1.82, 2.24) is 0 Å².